The fourth-order valence-corrected chi connectivity index (χ4v) is 5.66. The molecule has 2 atom stereocenters. The van der Waals surface area contributed by atoms with Crippen LogP contribution in [0.1, 0.15) is 33.6 Å². The van der Waals surface area contributed by atoms with Crippen molar-refractivity contribution in [2.45, 2.75) is 50.7 Å². The van der Waals surface area contributed by atoms with Crippen LogP contribution in [-0.4, -0.2) is 80.2 Å². The molecule has 0 aliphatic carbocycles. The molecular formula is C21H31N3O5S. The molecule has 1 saturated heterocycles. The summed E-state index contributed by atoms with van der Waals surface area (Å²) in [5.41, 5.74) is -0.521. The van der Waals surface area contributed by atoms with Gasteiger partial charge in [0.25, 0.3) is 0 Å². The molecule has 3 rings (SSSR count). The third-order valence-electron chi connectivity index (χ3n) is 5.61. The summed E-state index contributed by atoms with van der Waals surface area (Å²) in [6.45, 7) is 6.25. The highest BCUT2D eigenvalue weighted by molar-refractivity contribution is 7.89. The fraction of sp³-hybridized carbons (Fsp3) is 0.619. The number of amides is 2. The predicted octanol–water partition coefficient (Wildman–Crippen LogP) is 1.56. The lowest BCUT2D eigenvalue weighted by atomic mass is 9.94. The molecule has 8 nitrogen and oxygen atoms in total. The van der Waals surface area contributed by atoms with E-state index in [1.807, 2.05) is 20.8 Å². The Balaban J connectivity index is 2.01. The van der Waals surface area contributed by atoms with Crippen LogP contribution in [0.4, 0.5) is 0 Å². The van der Waals surface area contributed by atoms with Gasteiger partial charge in [-0.25, -0.2) is 8.42 Å². The SMILES string of the molecule is CN(C)C(=O)CN1[C@@H]2CCN(C(=O)C(C)(C)C)CC[C@H]2Oc2ccccc2S1(=O)=O. The number of hydrogen-bond acceptors (Lipinski definition) is 5. The molecule has 1 aromatic carbocycles. The number of rotatable bonds is 2. The molecule has 0 radical (unpaired) electrons. The van der Waals surface area contributed by atoms with Crippen molar-refractivity contribution in [1.82, 2.24) is 14.1 Å². The molecule has 0 saturated carbocycles. The van der Waals surface area contributed by atoms with Crippen LogP contribution in [0.25, 0.3) is 0 Å². The van der Waals surface area contributed by atoms with Crippen molar-refractivity contribution in [3.05, 3.63) is 24.3 Å². The minimum Gasteiger partial charge on any atom is -0.487 e. The summed E-state index contributed by atoms with van der Waals surface area (Å²) in [5, 5.41) is 0. The quantitative estimate of drug-likeness (QED) is 0.701. The Morgan fingerprint density at radius 1 is 1.13 bits per heavy atom. The van der Waals surface area contributed by atoms with Crippen molar-refractivity contribution in [3.63, 3.8) is 0 Å². The first-order valence-corrected chi connectivity index (χ1v) is 11.6. The second-order valence-electron chi connectivity index (χ2n) is 9.13. The van der Waals surface area contributed by atoms with Gasteiger partial charge in [-0.2, -0.15) is 4.31 Å². The lowest BCUT2D eigenvalue weighted by molar-refractivity contribution is -0.139. The lowest BCUT2D eigenvalue weighted by Crippen LogP contribution is -2.50. The second-order valence-corrected chi connectivity index (χ2v) is 11.0. The Bertz CT molecular complexity index is 923. The van der Waals surface area contributed by atoms with E-state index >= 15 is 0 Å². The van der Waals surface area contributed by atoms with Gasteiger partial charge in [0, 0.05) is 39.0 Å². The number of fused-ring (bicyclic) bond motifs is 2. The summed E-state index contributed by atoms with van der Waals surface area (Å²) in [5.74, 6) is 0.0182. The molecule has 2 aliphatic heterocycles. The van der Waals surface area contributed by atoms with Crippen molar-refractivity contribution in [2.24, 2.45) is 5.41 Å². The number of ether oxygens (including phenoxy) is 1. The number of para-hydroxylation sites is 1. The zero-order chi connectivity index (χ0) is 22.3. The molecular weight excluding hydrogens is 406 g/mol. The predicted molar refractivity (Wildman–Crippen MR) is 113 cm³/mol. The minimum absolute atomic E-state index is 0.0261. The molecule has 0 bridgehead atoms. The number of nitrogens with zero attached hydrogens (tertiary/aromatic N) is 3. The molecule has 2 amide bonds. The largest absolute Gasteiger partial charge is 0.487 e. The maximum Gasteiger partial charge on any atom is 0.247 e. The smallest absolute Gasteiger partial charge is 0.247 e. The lowest BCUT2D eigenvalue weighted by Gasteiger charge is -2.32. The van der Waals surface area contributed by atoms with E-state index in [1.54, 1.807) is 37.2 Å². The van der Waals surface area contributed by atoms with Gasteiger partial charge in [-0.05, 0) is 18.6 Å². The molecule has 1 fully saturated rings. The normalized spacial score (nSPS) is 24.0. The first-order valence-electron chi connectivity index (χ1n) is 10.2. The third-order valence-corrected chi connectivity index (χ3v) is 7.52. The molecule has 30 heavy (non-hydrogen) atoms. The maximum absolute atomic E-state index is 13.5. The first-order chi connectivity index (χ1) is 13.9. The minimum atomic E-state index is -3.94. The van der Waals surface area contributed by atoms with Gasteiger partial charge in [-0.3, -0.25) is 9.59 Å². The van der Waals surface area contributed by atoms with Crippen LogP contribution in [0.5, 0.6) is 5.75 Å². The highest BCUT2D eigenvalue weighted by Gasteiger charge is 2.45. The second kappa shape index (κ2) is 8.19. The average Bonchev–Trinajstić information content (AvgIpc) is 2.90. The average molecular weight is 438 g/mol. The Morgan fingerprint density at radius 3 is 2.40 bits per heavy atom. The molecule has 0 spiro atoms. The van der Waals surface area contributed by atoms with Crippen LogP contribution in [0, 0.1) is 5.41 Å². The van der Waals surface area contributed by atoms with Crippen molar-refractivity contribution >= 4 is 21.8 Å². The molecule has 0 N–H and O–H groups in total. The molecule has 1 aromatic rings. The van der Waals surface area contributed by atoms with Gasteiger partial charge in [-0.1, -0.05) is 32.9 Å². The van der Waals surface area contributed by atoms with E-state index in [2.05, 4.69) is 0 Å². The number of likely N-dealkylation sites (tertiary alicyclic amines) is 1. The van der Waals surface area contributed by atoms with Gasteiger partial charge in [0.05, 0.1) is 12.6 Å². The number of carbonyl (C=O) groups excluding carboxylic acids is 2. The van der Waals surface area contributed by atoms with Crippen LogP contribution in [0.2, 0.25) is 0 Å². The Hall–Kier alpha value is -2.13. The molecule has 9 heteroatoms. The van der Waals surface area contributed by atoms with Gasteiger partial charge in [0.1, 0.15) is 16.7 Å². The van der Waals surface area contributed by atoms with Crippen LogP contribution in [-0.2, 0) is 19.6 Å². The van der Waals surface area contributed by atoms with Gasteiger partial charge in [0.15, 0.2) is 0 Å². The molecule has 166 valence electrons. The highest BCUT2D eigenvalue weighted by Crippen LogP contribution is 2.36. The highest BCUT2D eigenvalue weighted by atomic mass is 32.2. The van der Waals surface area contributed by atoms with E-state index in [0.717, 1.165) is 0 Å². The summed E-state index contributed by atoms with van der Waals surface area (Å²) in [6.07, 6.45) is 0.444. The third kappa shape index (κ3) is 4.32. The summed E-state index contributed by atoms with van der Waals surface area (Å²) >= 11 is 0. The number of carbonyl (C=O) groups is 2. The van der Waals surface area contributed by atoms with E-state index < -0.39 is 27.6 Å². The van der Waals surface area contributed by atoms with Crippen molar-refractivity contribution in [3.8, 4) is 5.75 Å². The number of hydrogen-bond donors (Lipinski definition) is 0. The van der Waals surface area contributed by atoms with E-state index in [1.165, 1.54) is 15.3 Å². The van der Waals surface area contributed by atoms with Gasteiger partial charge in [-0.15, -0.1) is 0 Å². The summed E-state index contributed by atoms with van der Waals surface area (Å²) < 4.78 is 34.5. The molecule has 2 aliphatic rings. The zero-order valence-corrected chi connectivity index (χ0v) is 19.1. The Labute approximate surface area is 178 Å². The van der Waals surface area contributed by atoms with Crippen LogP contribution in [0.15, 0.2) is 29.2 Å². The summed E-state index contributed by atoms with van der Waals surface area (Å²) in [7, 11) is -0.738. The molecule has 0 aromatic heterocycles. The monoisotopic (exact) mass is 437 g/mol. The molecule has 0 unspecified atom stereocenters. The van der Waals surface area contributed by atoms with Gasteiger partial charge in [0.2, 0.25) is 21.8 Å². The van der Waals surface area contributed by atoms with Crippen molar-refractivity contribution < 1.29 is 22.7 Å². The standard InChI is InChI=1S/C21H31N3O5S/c1-21(2,3)20(26)23-12-10-15-16(11-13-23)29-17-8-6-7-9-18(17)30(27,28)24(15)14-19(25)22(4)5/h6-9,15-16H,10-14H2,1-5H3/t15-,16-/m1/s1. The zero-order valence-electron chi connectivity index (χ0n) is 18.3. The van der Waals surface area contributed by atoms with Crippen LogP contribution in [0.3, 0.4) is 0 Å². The van der Waals surface area contributed by atoms with Crippen LogP contribution >= 0.6 is 0 Å². The number of sulfonamides is 1. The number of benzene rings is 1. The van der Waals surface area contributed by atoms with E-state index in [9.17, 15) is 18.0 Å². The van der Waals surface area contributed by atoms with E-state index in [-0.39, 0.29) is 23.3 Å². The summed E-state index contributed by atoms with van der Waals surface area (Å²) in [4.78, 5) is 28.6. The Morgan fingerprint density at radius 2 is 1.77 bits per heavy atom. The summed E-state index contributed by atoms with van der Waals surface area (Å²) in [6, 6.07) is 6.00. The van der Waals surface area contributed by atoms with Gasteiger partial charge < -0.3 is 14.5 Å². The van der Waals surface area contributed by atoms with Crippen molar-refractivity contribution in [1.29, 1.82) is 0 Å². The first kappa shape index (κ1) is 22.6. The maximum atomic E-state index is 13.5. The Kier molecular flexibility index (Phi) is 6.15. The topological polar surface area (TPSA) is 87.2 Å². The van der Waals surface area contributed by atoms with Gasteiger partial charge >= 0.3 is 0 Å². The van der Waals surface area contributed by atoms with E-state index in [0.29, 0.717) is 31.7 Å². The van der Waals surface area contributed by atoms with E-state index in [4.69, 9.17) is 4.74 Å². The van der Waals surface area contributed by atoms with Crippen molar-refractivity contribution in [2.75, 3.05) is 33.7 Å². The van der Waals surface area contributed by atoms with Crippen LogP contribution < -0.4 is 4.74 Å². The molecule has 2 heterocycles. The fourth-order valence-electron chi connectivity index (χ4n) is 3.91. The number of likely N-dealkylation sites (N-methyl/N-ethyl adjacent to an activating group) is 1.